The predicted octanol–water partition coefficient (Wildman–Crippen LogP) is 0.677. The number of rotatable bonds is 4. The van der Waals surface area contributed by atoms with Gasteiger partial charge in [0.05, 0.1) is 18.1 Å². The lowest BCUT2D eigenvalue weighted by molar-refractivity contribution is -0.126. The first kappa shape index (κ1) is 12.0. The van der Waals surface area contributed by atoms with E-state index in [0.29, 0.717) is 5.82 Å². The number of aromatic amines is 1. The smallest absolute Gasteiger partial charge is 0.223 e. The Morgan fingerprint density at radius 2 is 2.35 bits per heavy atom. The van der Waals surface area contributed by atoms with E-state index < -0.39 is 5.60 Å². The van der Waals surface area contributed by atoms with Gasteiger partial charge in [0.2, 0.25) is 5.91 Å². The van der Waals surface area contributed by atoms with E-state index in [4.69, 9.17) is 0 Å². The summed E-state index contributed by atoms with van der Waals surface area (Å²) in [6.45, 7) is 1.83. The number of amides is 1. The van der Waals surface area contributed by atoms with Crippen molar-refractivity contribution in [3.63, 3.8) is 0 Å². The van der Waals surface area contributed by atoms with Crippen LogP contribution in [0.4, 0.5) is 0 Å². The van der Waals surface area contributed by atoms with Gasteiger partial charge < -0.3 is 10.4 Å². The van der Waals surface area contributed by atoms with Crippen LogP contribution in [0.15, 0.2) is 6.33 Å². The number of nitrogens with zero attached hydrogens (tertiary/aromatic N) is 2. The molecule has 1 atom stereocenters. The van der Waals surface area contributed by atoms with Crippen molar-refractivity contribution >= 4 is 5.91 Å². The van der Waals surface area contributed by atoms with E-state index in [0.717, 1.165) is 25.7 Å². The molecule has 1 fully saturated rings. The molecule has 1 unspecified atom stereocenters. The molecule has 0 saturated heterocycles. The minimum absolute atomic E-state index is 0.140. The molecular formula is C11H18N4O2. The van der Waals surface area contributed by atoms with Gasteiger partial charge in [-0.2, -0.15) is 5.10 Å². The third kappa shape index (κ3) is 3.03. The van der Waals surface area contributed by atoms with Crippen LogP contribution >= 0.6 is 0 Å². The van der Waals surface area contributed by atoms with E-state index in [2.05, 4.69) is 20.5 Å². The van der Waals surface area contributed by atoms with E-state index in [1.807, 2.05) is 6.92 Å². The minimum atomic E-state index is -0.800. The quantitative estimate of drug-likeness (QED) is 0.719. The third-order valence-electron chi connectivity index (χ3n) is 3.25. The molecule has 0 aromatic carbocycles. The van der Waals surface area contributed by atoms with E-state index in [1.165, 1.54) is 6.33 Å². The van der Waals surface area contributed by atoms with Gasteiger partial charge in [0.1, 0.15) is 12.2 Å². The number of carbonyl (C=O) groups is 1. The zero-order valence-corrected chi connectivity index (χ0v) is 9.94. The molecule has 1 aromatic rings. The highest BCUT2D eigenvalue weighted by Gasteiger charge is 2.33. The molecule has 94 valence electrons. The Hall–Kier alpha value is -1.43. The van der Waals surface area contributed by atoms with Crippen LogP contribution in [0.2, 0.25) is 0 Å². The van der Waals surface area contributed by atoms with Gasteiger partial charge in [-0.15, -0.1) is 0 Å². The van der Waals surface area contributed by atoms with Crippen molar-refractivity contribution in [1.29, 1.82) is 0 Å². The lowest BCUT2D eigenvalue weighted by Gasteiger charge is -2.22. The van der Waals surface area contributed by atoms with Crippen LogP contribution in [-0.4, -0.2) is 31.8 Å². The molecule has 3 N–H and O–H groups in total. The summed E-state index contributed by atoms with van der Waals surface area (Å²) in [5.74, 6) is 0.482. The van der Waals surface area contributed by atoms with Crippen LogP contribution in [0.1, 0.15) is 50.9 Å². The van der Waals surface area contributed by atoms with Crippen molar-refractivity contribution in [2.75, 3.05) is 0 Å². The summed E-state index contributed by atoms with van der Waals surface area (Å²) < 4.78 is 0. The monoisotopic (exact) mass is 238 g/mol. The first-order valence-corrected chi connectivity index (χ1v) is 5.96. The maximum absolute atomic E-state index is 11.8. The summed E-state index contributed by atoms with van der Waals surface area (Å²) in [5, 5.41) is 19.3. The second-order valence-corrected chi connectivity index (χ2v) is 4.77. The molecule has 1 amide bonds. The van der Waals surface area contributed by atoms with E-state index in [1.54, 1.807) is 0 Å². The van der Waals surface area contributed by atoms with Crippen molar-refractivity contribution in [1.82, 2.24) is 20.5 Å². The zero-order valence-electron chi connectivity index (χ0n) is 9.94. The average molecular weight is 238 g/mol. The lowest BCUT2D eigenvalue weighted by atomic mass is 9.97. The fraction of sp³-hybridized carbons (Fsp3) is 0.727. The van der Waals surface area contributed by atoms with Crippen LogP contribution in [0.25, 0.3) is 0 Å². The number of hydrogen-bond donors (Lipinski definition) is 3. The second kappa shape index (κ2) is 4.83. The summed E-state index contributed by atoms with van der Waals surface area (Å²) in [7, 11) is 0. The molecule has 2 rings (SSSR count). The second-order valence-electron chi connectivity index (χ2n) is 4.77. The first-order valence-electron chi connectivity index (χ1n) is 5.96. The third-order valence-corrected chi connectivity index (χ3v) is 3.25. The topological polar surface area (TPSA) is 90.9 Å². The molecular weight excluding hydrogens is 220 g/mol. The summed E-state index contributed by atoms with van der Waals surface area (Å²) in [5.41, 5.74) is -0.800. The summed E-state index contributed by atoms with van der Waals surface area (Å²) in [6, 6.07) is -0.213. The molecule has 6 heteroatoms. The molecule has 1 aliphatic rings. The highest BCUT2D eigenvalue weighted by Crippen LogP contribution is 2.32. The summed E-state index contributed by atoms with van der Waals surface area (Å²) >= 11 is 0. The predicted molar refractivity (Wildman–Crippen MR) is 61.0 cm³/mol. The molecule has 1 saturated carbocycles. The van der Waals surface area contributed by atoms with E-state index >= 15 is 0 Å². The van der Waals surface area contributed by atoms with E-state index in [-0.39, 0.29) is 18.4 Å². The molecule has 1 aliphatic carbocycles. The number of aliphatic hydroxyl groups is 1. The molecule has 0 radical (unpaired) electrons. The fourth-order valence-corrected chi connectivity index (χ4v) is 2.29. The van der Waals surface area contributed by atoms with Crippen molar-refractivity contribution in [3.8, 4) is 0 Å². The molecule has 0 aliphatic heterocycles. The Balaban J connectivity index is 1.85. The highest BCUT2D eigenvalue weighted by molar-refractivity contribution is 5.77. The van der Waals surface area contributed by atoms with Gasteiger partial charge in [-0.3, -0.25) is 9.89 Å². The number of H-pyrrole nitrogens is 1. The Labute approximate surface area is 99.8 Å². The van der Waals surface area contributed by atoms with Crippen LogP contribution in [-0.2, 0) is 4.79 Å². The fourth-order valence-electron chi connectivity index (χ4n) is 2.29. The lowest BCUT2D eigenvalue weighted by Crippen LogP contribution is -2.36. The maximum atomic E-state index is 11.8. The number of nitrogens with one attached hydrogen (secondary N) is 2. The standard InChI is InChI=1S/C11H18N4O2/c1-8(10-12-7-13-15-10)14-9(16)6-11(17)4-2-3-5-11/h7-8,17H,2-6H2,1H3,(H,14,16)(H,12,13,15). The van der Waals surface area contributed by atoms with Crippen LogP contribution in [0, 0.1) is 0 Å². The van der Waals surface area contributed by atoms with Gasteiger partial charge in [-0.05, 0) is 19.8 Å². The summed E-state index contributed by atoms with van der Waals surface area (Å²) in [6.07, 6.45) is 5.02. The van der Waals surface area contributed by atoms with Gasteiger partial charge >= 0.3 is 0 Å². The summed E-state index contributed by atoms with van der Waals surface area (Å²) in [4.78, 5) is 15.8. The average Bonchev–Trinajstić information content (AvgIpc) is 2.88. The zero-order chi connectivity index (χ0) is 12.3. The largest absolute Gasteiger partial charge is 0.389 e. The first-order chi connectivity index (χ1) is 8.09. The Morgan fingerprint density at radius 3 is 2.94 bits per heavy atom. The number of aromatic nitrogens is 3. The highest BCUT2D eigenvalue weighted by atomic mass is 16.3. The van der Waals surface area contributed by atoms with Crippen molar-refractivity contribution < 1.29 is 9.90 Å². The van der Waals surface area contributed by atoms with Crippen LogP contribution < -0.4 is 5.32 Å². The van der Waals surface area contributed by atoms with E-state index in [9.17, 15) is 9.90 Å². The van der Waals surface area contributed by atoms with Crippen molar-refractivity contribution in [3.05, 3.63) is 12.2 Å². The molecule has 17 heavy (non-hydrogen) atoms. The Kier molecular flexibility index (Phi) is 3.42. The van der Waals surface area contributed by atoms with Gasteiger partial charge in [-0.25, -0.2) is 4.98 Å². The van der Waals surface area contributed by atoms with Crippen LogP contribution in [0.5, 0.6) is 0 Å². The van der Waals surface area contributed by atoms with Crippen molar-refractivity contribution in [2.45, 2.75) is 50.7 Å². The Bertz CT molecular complexity index is 371. The number of carbonyl (C=O) groups excluding carboxylic acids is 1. The molecule has 0 spiro atoms. The normalized spacial score (nSPS) is 20.1. The SMILES string of the molecule is CC(NC(=O)CC1(O)CCCC1)c1ncn[nH]1. The molecule has 6 nitrogen and oxygen atoms in total. The molecule has 0 bridgehead atoms. The van der Waals surface area contributed by atoms with Gasteiger partial charge in [-0.1, -0.05) is 12.8 Å². The Morgan fingerprint density at radius 1 is 1.65 bits per heavy atom. The van der Waals surface area contributed by atoms with Crippen molar-refractivity contribution in [2.24, 2.45) is 0 Å². The van der Waals surface area contributed by atoms with Gasteiger partial charge in [0, 0.05) is 0 Å². The van der Waals surface area contributed by atoms with Gasteiger partial charge in [0.25, 0.3) is 0 Å². The minimum Gasteiger partial charge on any atom is -0.389 e. The number of hydrogen-bond acceptors (Lipinski definition) is 4. The molecule has 1 heterocycles. The molecule has 1 aromatic heterocycles. The maximum Gasteiger partial charge on any atom is 0.223 e. The van der Waals surface area contributed by atoms with Crippen LogP contribution in [0.3, 0.4) is 0 Å². The van der Waals surface area contributed by atoms with Gasteiger partial charge in [0.15, 0.2) is 0 Å².